The molecule has 122 valence electrons. The summed E-state index contributed by atoms with van der Waals surface area (Å²) >= 11 is 3.25. The molecule has 0 radical (unpaired) electrons. The topological polar surface area (TPSA) is 81.7 Å². The molecular formula is C15H14BrNO5S. The number of rotatable bonds is 5. The van der Waals surface area contributed by atoms with Gasteiger partial charge in [-0.3, -0.25) is 4.72 Å². The molecule has 1 N–H and O–H groups in total. The van der Waals surface area contributed by atoms with Gasteiger partial charge in [-0.15, -0.1) is 0 Å². The summed E-state index contributed by atoms with van der Waals surface area (Å²) in [6, 6.07) is 10.5. The second kappa shape index (κ2) is 7.01. The first-order valence-electron chi connectivity index (χ1n) is 6.42. The molecule has 0 aliphatic carbocycles. The second-order valence-electron chi connectivity index (χ2n) is 4.47. The summed E-state index contributed by atoms with van der Waals surface area (Å²) in [6.45, 7) is 0. The molecule has 0 aromatic heterocycles. The zero-order chi connectivity index (χ0) is 17.0. The largest absolute Gasteiger partial charge is 0.495 e. The van der Waals surface area contributed by atoms with Crippen LogP contribution in [0.25, 0.3) is 0 Å². The number of esters is 1. The van der Waals surface area contributed by atoms with E-state index < -0.39 is 16.0 Å². The fourth-order valence-electron chi connectivity index (χ4n) is 1.84. The lowest BCUT2D eigenvalue weighted by molar-refractivity contribution is 0.0600. The maximum absolute atomic E-state index is 12.4. The van der Waals surface area contributed by atoms with Crippen LogP contribution in [0.15, 0.2) is 51.8 Å². The Morgan fingerprint density at radius 1 is 1.09 bits per heavy atom. The molecule has 0 saturated heterocycles. The summed E-state index contributed by atoms with van der Waals surface area (Å²) in [5.41, 5.74) is 0.485. The van der Waals surface area contributed by atoms with E-state index in [0.29, 0.717) is 0 Å². The molecule has 8 heteroatoms. The molecule has 6 nitrogen and oxygen atoms in total. The normalized spacial score (nSPS) is 10.9. The molecule has 2 aromatic rings. The minimum atomic E-state index is -3.77. The number of carbonyl (C=O) groups is 1. The SMILES string of the molecule is COC(=O)c1ccc(NS(=O)(=O)c2ccc(Br)cc2)c(OC)c1. The predicted octanol–water partition coefficient (Wildman–Crippen LogP) is 3.05. The molecule has 0 unspecified atom stereocenters. The molecule has 0 fully saturated rings. The van der Waals surface area contributed by atoms with Crippen LogP contribution in [0.5, 0.6) is 5.75 Å². The Balaban J connectivity index is 2.35. The van der Waals surface area contributed by atoms with Gasteiger partial charge in [0.25, 0.3) is 10.0 Å². The van der Waals surface area contributed by atoms with Gasteiger partial charge in [0, 0.05) is 4.47 Å². The highest BCUT2D eigenvalue weighted by Crippen LogP contribution is 2.28. The molecule has 0 saturated carbocycles. The highest BCUT2D eigenvalue weighted by molar-refractivity contribution is 9.10. The third-order valence-corrected chi connectivity index (χ3v) is 4.90. The van der Waals surface area contributed by atoms with Crippen LogP contribution < -0.4 is 9.46 Å². The second-order valence-corrected chi connectivity index (χ2v) is 7.06. The summed E-state index contributed by atoms with van der Waals surface area (Å²) in [6.07, 6.45) is 0. The van der Waals surface area contributed by atoms with Crippen molar-refractivity contribution in [3.8, 4) is 5.75 Å². The van der Waals surface area contributed by atoms with E-state index in [9.17, 15) is 13.2 Å². The van der Waals surface area contributed by atoms with Crippen molar-refractivity contribution in [1.29, 1.82) is 0 Å². The Labute approximate surface area is 142 Å². The minimum Gasteiger partial charge on any atom is -0.495 e. The molecule has 0 amide bonds. The summed E-state index contributed by atoms with van der Waals surface area (Å²) in [4.78, 5) is 11.6. The summed E-state index contributed by atoms with van der Waals surface area (Å²) in [7, 11) is -1.12. The Morgan fingerprint density at radius 3 is 2.30 bits per heavy atom. The van der Waals surface area contributed by atoms with Crippen molar-refractivity contribution in [2.45, 2.75) is 4.90 Å². The Morgan fingerprint density at radius 2 is 1.74 bits per heavy atom. The first-order chi connectivity index (χ1) is 10.9. The molecule has 0 atom stereocenters. The zero-order valence-electron chi connectivity index (χ0n) is 12.4. The molecule has 0 bridgehead atoms. The van der Waals surface area contributed by atoms with Crippen molar-refractivity contribution >= 4 is 37.6 Å². The first-order valence-corrected chi connectivity index (χ1v) is 8.69. The van der Waals surface area contributed by atoms with Gasteiger partial charge in [0.05, 0.1) is 30.4 Å². The van der Waals surface area contributed by atoms with Gasteiger partial charge in [0.2, 0.25) is 0 Å². The number of sulfonamides is 1. The van der Waals surface area contributed by atoms with Gasteiger partial charge in [0.15, 0.2) is 0 Å². The first kappa shape index (κ1) is 17.3. The van der Waals surface area contributed by atoms with Crippen molar-refractivity contribution in [1.82, 2.24) is 0 Å². The molecule has 0 spiro atoms. The van der Waals surface area contributed by atoms with Crippen LogP contribution in [0.4, 0.5) is 5.69 Å². The lowest BCUT2D eigenvalue weighted by Gasteiger charge is -2.13. The number of carbonyl (C=O) groups excluding carboxylic acids is 1. The van der Waals surface area contributed by atoms with E-state index in [-0.39, 0.29) is 21.9 Å². The molecule has 0 heterocycles. The Bertz CT molecular complexity index is 818. The van der Waals surface area contributed by atoms with Crippen LogP contribution in [-0.4, -0.2) is 28.6 Å². The predicted molar refractivity (Wildman–Crippen MR) is 89.3 cm³/mol. The van der Waals surface area contributed by atoms with Gasteiger partial charge in [0.1, 0.15) is 5.75 Å². The lowest BCUT2D eigenvalue weighted by Crippen LogP contribution is -2.14. The van der Waals surface area contributed by atoms with Crippen molar-refractivity contribution < 1.29 is 22.7 Å². The molecule has 0 aliphatic rings. The van der Waals surface area contributed by atoms with Gasteiger partial charge in [-0.05, 0) is 42.5 Å². The van der Waals surface area contributed by atoms with Gasteiger partial charge in [-0.1, -0.05) is 15.9 Å². The van der Waals surface area contributed by atoms with Crippen LogP contribution in [0.1, 0.15) is 10.4 Å². The van der Waals surface area contributed by atoms with E-state index in [1.54, 1.807) is 12.1 Å². The number of hydrogen-bond donors (Lipinski definition) is 1. The fourth-order valence-corrected chi connectivity index (χ4v) is 3.17. The Kier molecular flexibility index (Phi) is 5.27. The van der Waals surface area contributed by atoms with E-state index in [2.05, 4.69) is 25.4 Å². The number of ether oxygens (including phenoxy) is 2. The van der Waals surface area contributed by atoms with Crippen LogP contribution >= 0.6 is 15.9 Å². The van der Waals surface area contributed by atoms with E-state index in [0.717, 1.165) is 4.47 Å². The molecular weight excluding hydrogens is 386 g/mol. The summed E-state index contributed by atoms with van der Waals surface area (Å²) < 4.78 is 37.7. The number of halogens is 1. The lowest BCUT2D eigenvalue weighted by atomic mass is 10.2. The quantitative estimate of drug-likeness (QED) is 0.781. The van der Waals surface area contributed by atoms with Crippen molar-refractivity contribution in [3.05, 3.63) is 52.5 Å². The van der Waals surface area contributed by atoms with Crippen LogP contribution in [0.3, 0.4) is 0 Å². The van der Waals surface area contributed by atoms with E-state index >= 15 is 0 Å². The van der Waals surface area contributed by atoms with Crippen LogP contribution in [0, 0.1) is 0 Å². The maximum atomic E-state index is 12.4. The zero-order valence-corrected chi connectivity index (χ0v) is 14.8. The average molecular weight is 400 g/mol. The number of nitrogens with one attached hydrogen (secondary N) is 1. The number of methoxy groups -OCH3 is 2. The average Bonchev–Trinajstić information content (AvgIpc) is 2.54. The minimum absolute atomic E-state index is 0.111. The highest BCUT2D eigenvalue weighted by Gasteiger charge is 2.18. The van der Waals surface area contributed by atoms with E-state index in [4.69, 9.17) is 4.74 Å². The van der Waals surface area contributed by atoms with E-state index in [1.165, 1.54) is 44.6 Å². The molecule has 2 aromatic carbocycles. The summed E-state index contributed by atoms with van der Waals surface area (Å²) in [5, 5.41) is 0. The van der Waals surface area contributed by atoms with Gasteiger partial charge in [-0.25, -0.2) is 13.2 Å². The van der Waals surface area contributed by atoms with Gasteiger partial charge in [-0.2, -0.15) is 0 Å². The monoisotopic (exact) mass is 399 g/mol. The number of hydrogen-bond acceptors (Lipinski definition) is 5. The maximum Gasteiger partial charge on any atom is 0.337 e. The van der Waals surface area contributed by atoms with Crippen LogP contribution in [0.2, 0.25) is 0 Å². The van der Waals surface area contributed by atoms with E-state index in [1.807, 2.05) is 0 Å². The molecule has 2 rings (SSSR count). The third kappa shape index (κ3) is 4.02. The van der Waals surface area contributed by atoms with Gasteiger partial charge < -0.3 is 9.47 Å². The van der Waals surface area contributed by atoms with Crippen molar-refractivity contribution in [2.24, 2.45) is 0 Å². The molecule has 23 heavy (non-hydrogen) atoms. The number of anilines is 1. The Hall–Kier alpha value is -2.06. The smallest absolute Gasteiger partial charge is 0.337 e. The third-order valence-electron chi connectivity index (χ3n) is 2.99. The standard InChI is InChI=1S/C15H14BrNO5S/c1-21-14-9-10(15(18)22-2)3-8-13(14)17-23(19,20)12-6-4-11(16)5-7-12/h3-9,17H,1-2H3. The van der Waals surface area contributed by atoms with Crippen molar-refractivity contribution in [2.75, 3.05) is 18.9 Å². The number of benzene rings is 2. The van der Waals surface area contributed by atoms with Crippen LogP contribution in [-0.2, 0) is 14.8 Å². The van der Waals surface area contributed by atoms with Crippen molar-refractivity contribution in [3.63, 3.8) is 0 Å². The summed E-state index contributed by atoms with van der Waals surface area (Å²) in [5.74, 6) is -0.320. The van der Waals surface area contributed by atoms with Gasteiger partial charge >= 0.3 is 5.97 Å². The molecule has 0 aliphatic heterocycles. The highest BCUT2D eigenvalue weighted by atomic mass is 79.9. The fraction of sp³-hybridized carbons (Fsp3) is 0.133.